The molecule has 1 amide bonds. The van der Waals surface area contributed by atoms with Gasteiger partial charge in [-0.1, -0.05) is 33.3 Å². The van der Waals surface area contributed by atoms with Crippen LogP contribution in [0.4, 0.5) is 0 Å². The van der Waals surface area contributed by atoms with E-state index in [4.69, 9.17) is 16.2 Å². The number of nitrogens with two attached hydrogens (primary N) is 2. The molecule has 0 aliphatic rings. The van der Waals surface area contributed by atoms with Crippen LogP contribution >= 0.6 is 12.4 Å². The number of pyridine rings is 1. The van der Waals surface area contributed by atoms with E-state index in [0.717, 1.165) is 18.4 Å². The molecular weight excluding hydrogens is 378 g/mol. The zero-order chi connectivity index (χ0) is 20.0. The molecule has 0 aliphatic heterocycles. The molecule has 0 aliphatic carbocycles. The van der Waals surface area contributed by atoms with Gasteiger partial charge in [-0.25, -0.2) is 0 Å². The van der Waals surface area contributed by atoms with Gasteiger partial charge in [0.2, 0.25) is 5.91 Å². The molecule has 4 N–H and O–H groups in total. The number of carbonyl (C=O) groups is 1. The predicted octanol–water partition coefficient (Wildman–Crippen LogP) is 3.22. The highest BCUT2D eigenvalue weighted by Gasteiger charge is 2.18. The largest absolute Gasteiger partial charge is 0.491 e. The molecule has 2 rings (SSSR count). The molecule has 0 saturated heterocycles. The highest BCUT2D eigenvalue weighted by Crippen LogP contribution is 2.30. The van der Waals surface area contributed by atoms with Crippen LogP contribution in [0.5, 0.6) is 5.75 Å². The van der Waals surface area contributed by atoms with Gasteiger partial charge in [-0.2, -0.15) is 0 Å². The maximum atomic E-state index is 13.1. The SMILES string of the molecule is CCCCOc1c(CN)n(CC(C)C)c(=O)c2ccc(/C=C/C(N)=O)cc12.Cl. The van der Waals surface area contributed by atoms with Crippen molar-refractivity contribution >= 4 is 35.2 Å². The van der Waals surface area contributed by atoms with E-state index in [1.54, 1.807) is 22.8 Å². The molecule has 0 atom stereocenters. The summed E-state index contributed by atoms with van der Waals surface area (Å²) in [5.74, 6) is 0.423. The summed E-state index contributed by atoms with van der Waals surface area (Å²) in [4.78, 5) is 24.1. The average molecular weight is 408 g/mol. The van der Waals surface area contributed by atoms with E-state index in [1.165, 1.54) is 6.08 Å². The highest BCUT2D eigenvalue weighted by atomic mass is 35.5. The van der Waals surface area contributed by atoms with Crippen molar-refractivity contribution in [2.24, 2.45) is 17.4 Å². The summed E-state index contributed by atoms with van der Waals surface area (Å²) in [6, 6.07) is 5.40. The van der Waals surface area contributed by atoms with Crippen molar-refractivity contribution < 1.29 is 9.53 Å². The number of fused-ring (bicyclic) bond motifs is 1. The van der Waals surface area contributed by atoms with Crippen molar-refractivity contribution in [3.8, 4) is 5.75 Å². The van der Waals surface area contributed by atoms with Gasteiger partial charge >= 0.3 is 0 Å². The van der Waals surface area contributed by atoms with Gasteiger partial charge in [-0.3, -0.25) is 9.59 Å². The Morgan fingerprint density at radius 3 is 2.57 bits per heavy atom. The fourth-order valence-corrected chi connectivity index (χ4v) is 3.01. The number of carbonyl (C=O) groups excluding carboxylic acids is 1. The molecular formula is C21H30ClN3O3. The lowest BCUT2D eigenvalue weighted by Gasteiger charge is -2.20. The Hall–Kier alpha value is -2.31. The Morgan fingerprint density at radius 1 is 1.29 bits per heavy atom. The van der Waals surface area contributed by atoms with Gasteiger partial charge < -0.3 is 20.8 Å². The third-order valence-corrected chi connectivity index (χ3v) is 4.28. The molecule has 0 saturated carbocycles. The van der Waals surface area contributed by atoms with E-state index in [9.17, 15) is 9.59 Å². The van der Waals surface area contributed by atoms with E-state index in [-0.39, 0.29) is 24.5 Å². The standard InChI is InChI=1S/C21H29N3O3.ClH/c1-4-5-10-27-20-17-11-15(7-9-19(23)25)6-8-16(17)21(26)24(13-14(2)3)18(20)12-22;/h6-9,11,14H,4-5,10,12-13,22H2,1-3H3,(H2,23,25);1H/b9-7+;. The van der Waals surface area contributed by atoms with Crippen LogP contribution in [0, 0.1) is 5.92 Å². The number of nitrogens with zero attached hydrogens (tertiary/aromatic N) is 1. The van der Waals surface area contributed by atoms with Gasteiger partial charge in [0, 0.05) is 24.6 Å². The van der Waals surface area contributed by atoms with Crippen LogP contribution in [0.2, 0.25) is 0 Å². The predicted molar refractivity (Wildman–Crippen MR) is 117 cm³/mol. The maximum Gasteiger partial charge on any atom is 0.258 e. The molecule has 6 nitrogen and oxygen atoms in total. The van der Waals surface area contributed by atoms with Gasteiger partial charge in [-0.05, 0) is 36.1 Å². The number of benzene rings is 1. The number of primary amides is 1. The zero-order valence-corrected chi connectivity index (χ0v) is 17.6. The first kappa shape index (κ1) is 23.7. The second-order valence-electron chi connectivity index (χ2n) is 7.03. The molecule has 0 radical (unpaired) electrons. The van der Waals surface area contributed by atoms with E-state index in [1.807, 2.05) is 6.07 Å². The summed E-state index contributed by atoms with van der Waals surface area (Å²) in [6.45, 7) is 7.56. The third-order valence-electron chi connectivity index (χ3n) is 4.28. The molecule has 0 bridgehead atoms. The van der Waals surface area contributed by atoms with Crippen LogP contribution in [0.15, 0.2) is 29.1 Å². The van der Waals surface area contributed by atoms with Gasteiger partial charge in [0.1, 0.15) is 5.75 Å². The Kier molecular flexibility index (Phi) is 9.22. The topological polar surface area (TPSA) is 100 Å². The van der Waals surface area contributed by atoms with E-state index < -0.39 is 5.91 Å². The number of rotatable bonds is 9. The second kappa shape index (κ2) is 10.9. The average Bonchev–Trinajstić information content (AvgIpc) is 2.63. The van der Waals surface area contributed by atoms with Crippen LogP contribution in [-0.2, 0) is 17.9 Å². The van der Waals surface area contributed by atoms with Crippen molar-refractivity contribution in [2.75, 3.05) is 6.61 Å². The van der Waals surface area contributed by atoms with Crippen LogP contribution < -0.4 is 21.8 Å². The summed E-state index contributed by atoms with van der Waals surface area (Å²) in [5.41, 5.74) is 12.6. The number of hydrogen-bond acceptors (Lipinski definition) is 4. The summed E-state index contributed by atoms with van der Waals surface area (Å²) in [7, 11) is 0. The van der Waals surface area contributed by atoms with Gasteiger partial charge in [0.25, 0.3) is 5.56 Å². The first-order valence-electron chi connectivity index (χ1n) is 9.38. The number of ether oxygens (including phenoxy) is 1. The number of hydrogen-bond donors (Lipinski definition) is 2. The van der Waals surface area contributed by atoms with Crippen LogP contribution in [0.25, 0.3) is 16.8 Å². The molecule has 2 aromatic rings. The fourth-order valence-electron chi connectivity index (χ4n) is 3.01. The molecule has 0 spiro atoms. The Morgan fingerprint density at radius 2 is 2.00 bits per heavy atom. The van der Waals surface area contributed by atoms with Crippen molar-refractivity contribution in [1.29, 1.82) is 0 Å². The lowest BCUT2D eigenvalue weighted by molar-refractivity contribution is -0.113. The second-order valence-corrected chi connectivity index (χ2v) is 7.03. The smallest absolute Gasteiger partial charge is 0.258 e. The number of amides is 1. The van der Waals surface area contributed by atoms with Gasteiger partial charge in [0.05, 0.1) is 17.7 Å². The maximum absolute atomic E-state index is 13.1. The minimum Gasteiger partial charge on any atom is -0.491 e. The minimum atomic E-state index is -0.524. The lowest BCUT2D eigenvalue weighted by Crippen LogP contribution is -2.28. The van der Waals surface area contributed by atoms with Crippen LogP contribution in [0.3, 0.4) is 0 Å². The molecule has 0 fully saturated rings. The monoisotopic (exact) mass is 407 g/mol. The zero-order valence-electron chi connectivity index (χ0n) is 16.7. The lowest BCUT2D eigenvalue weighted by atomic mass is 10.0. The Labute approximate surface area is 172 Å². The number of halogens is 1. The van der Waals surface area contributed by atoms with E-state index in [2.05, 4.69) is 20.8 Å². The first-order valence-corrected chi connectivity index (χ1v) is 9.38. The summed E-state index contributed by atoms with van der Waals surface area (Å²) >= 11 is 0. The Bertz CT molecular complexity index is 904. The minimum absolute atomic E-state index is 0. The Balaban J connectivity index is 0.00000392. The molecule has 1 aromatic carbocycles. The first-order chi connectivity index (χ1) is 12.9. The summed E-state index contributed by atoms with van der Waals surface area (Å²) < 4.78 is 7.81. The molecule has 7 heteroatoms. The molecule has 154 valence electrons. The molecule has 28 heavy (non-hydrogen) atoms. The quantitative estimate of drug-likeness (QED) is 0.492. The van der Waals surface area contributed by atoms with Gasteiger partial charge in [-0.15, -0.1) is 12.4 Å². The van der Waals surface area contributed by atoms with Crippen molar-refractivity contribution in [2.45, 2.75) is 46.7 Å². The number of aromatic nitrogens is 1. The van der Waals surface area contributed by atoms with Crippen molar-refractivity contribution in [1.82, 2.24) is 4.57 Å². The molecule has 0 unspecified atom stereocenters. The van der Waals surface area contributed by atoms with Crippen LogP contribution in [0.1, 0.15) is 44.9 Å². The van der Waals surface area contributed by atoms with E-state index >= 15 is 0 Å². The fraction of sp³-hybridized carbons (Fsp3) is 0.429. The third kappa shape index (κ3) is 5.59. The van der Waals surface area contributed by atoms with Gasteiger partial charge in [0.15, 0.2) is 0 Å². The van der Waals surface area contributed by atoms with E-state index in [0.29, 0.717) is 41.3 Å². The highest BCUT2D eigenvalue weighted by molar-refractivity contribution is 5.93. The molecule has 1 aromatic heterocycles. The summed E-state index contributed by atoms with van der Waals surface area (Å²) in [6.07, 6.45) is 4.84. The number of unbranched alkanes of at least 4 members (excludes halogenated alkanes) is 1. The summed E-state index contributed by atoms with van der Waals surface area (Å²) in [5, 5.41) is 1.29. The molecule has 1 heterocycles. The normalized spacial score (nSPS) is 11.2. The van der Waals surface area contributed by atoms with Crippen molar-refractivity contribution in [3.05, 3.63) is 45.9 Å². The van der Waals surface area contributed by atoms with Crippen molar-refractivity contribution in [3.63, 3.8) is 0 Å². The van der Waals surface area contributed by atoms with Crippen LogP contribution in [-0.4, -0.2) is 17.1 Å².